The number of carbonyl (C=O) groups is 3. The van der Waals surface area contributed by atoms with E-state index >= 15 is 0 Å². The van der Waals surface area contributed by atoms with E-state index in [9.17, 15) is 14.4 Å². The molecule has 0 saturated heterocycles. The first-order valence-corrected chi connectivity index (χ1v) is 26.7. The Morgan fingerprint density at radius 1 is 0.323 bits per heavy atom. The van der Waals surface area contributed by atoms with Gasteiger partial charge in [0.05, 0.1) is 0 Å². The molecule has 0 aliphatic carbocycles. The predicted molar refractivity (Wildman–Crippen MR) is 279 cm³/mol. The van der Waals surface area contributed by atoms with Crippen LogP contribution in [0.2, 0.25) is 0 Å². The first-order valence-electron chi connectivity index (χ1n) is 26.7. The van der Waals surface area contributed by atoms with Crippen LogP contribution in [0.1, 0.15) is 239 Å². The number of hydrogen-bond donors (Lipinski definition) is 0. The topological polar surface area (TPSA) is 78.9 Å². The summed E-state index contributed by atoms with van der Waals surface area (Å²) in [6.45, 7) is 6.42. The minimum absolute atomic E-state index is 0.109. The van der Waals surface area contributed by atoms with Crippen molar-refractivity contribution in [2.24, 2.45) is 0 Å². The molecule has 6 nitrogen and oxygen atoms in total. The summed E-state index contributed by atoms with van der Waals surface area (Å²) < 4.78 is 16.7. The lowest BCUT2D eigenvalue weighted by molar-refractivity contribution is -0.167. The molecule has 0 aromatic heterocycles. The standard InChI is InChI=1S/C59H98O6/c1-4-7-10-13-16-19-22-25-28-29-32-34-37-40-43-46-49-52-58(61)64-55-56(65-59(62)53-50-47-44-41-38-35-31-27-24-21-18-15-12-9-6-3)54-63-57(60)51-48-45-42-39-36-33-30-26-23-20-17-14-11-8-5-2/h8,11,17-18,20-21,25-28,30-32,34,40,43,56H,4-7,9-10,12-16,19,22-24,29,33,35-39,41-42,44-55H2,1-3H3/b11-8-,20-17-,21-18-,28-25-,30-26-,31-27-,34-32-,43-40-/t56-/m1/s1. The first kappa shape index (κ1) is 61.3. The summed E-state index contributed by atoms with van der Waals surface area (Å²) in [7, 11) is 0. The molecule has 0 N–H and O–H groups in total. The van der Waals surface area contributed by atoms with E-state index in [2.05, 4.69) is 118 Å². The SMILES string of the molecule is CC/C=C\C/C=C\C/C=C\CCCCCCCC(=O)OC[C@H](COC(=O)CCC/C=C\C/C=C\C/C=C\CCCCCCCC)OC(=O)CCCCCCC/C=C\C/C=C\CCCCC. The molecule has 0 fully saturated rings. The lowest BCUT2D eigenvalue weighted by Crippen LogP contribution is -2.30. The third-order valence-electron chi connectivity index (χ3n) is 11.0. The Labute approximate surface area is 400 Å². The highest BCUT2D eigenvalue weighted by atomic mass is 16.6. The Bertz CT molecular complexity index is 1310. The highest BCUT2D eigenvalue weighted by molar-refractivity contribution is 5.71. The van der Waals surface area contributed by atoms with Gasteiger partial charge in [-0.05, 0) is 116 Å². The van der Waals surface area contributed by atoms with Crippen molar-refractivity contribution in [3.05, 3.63) is 97.2 Å². The van der Waals surface area contributed by atoms with Crippen LogP contribution in [-0.4, -0.2) is 37.2 Å². The molecule has 1 atom stereocenters. The number of carbonyl (C=O) groups excluding carboxylic acids is 3. The molecule has 0 spiro atoms. The van der Waals surface area contributed by atoms with E-state index in [0.717, 1.165) is 122 Å². The molecule has 0 saturated carbocycles. The second-order valence-electron chi connectivity index (χ2n) is 17.4. The zero-order valence-electron chi connectivity index (χ0n) is 42.2. The van der Waals surface area contributed by atoms with Gasteiger partial charge in [0, 0.05) is 19.3 Å². The Morgan fingerprint density at radius 3 is 1.03 bits per heavy atom. The van der Waals surface area contributed by atoms with E-state index in [4.69, 9.17) is 14.2 Å². The van der Waals surface area contributed by atoms with E-state index in [1.807, 2.05) is 0 Å². The molecule has 0 amide bonds. The molecule has 0 aromatic carbocycles. The normalized spacial score (nSPS) is 12.8. The van der Waals surface area contributed by atoms with Crippen LogP contribution in [0, 0.1) is 0 Å². The van der Waals surface area contributed by atoms with Crippen molar-refractivity contribution in [1.29, 1.82) is 0 Å². The van der Waals surface area contributed by atoms with Crippen molar-refractivity contribution < 1.29 is 28.6 Å². The summed E-state index contributed by atoms with van der Waals surface area (Å²) in [5, 5.41) is 0. The van der Waals surface area contributed by atoms with Crippen molar-refractivity contribution >= 4 is 17.9 Å². The summed E-state index contributed by atoms with van der Waals surface area (Å²) >= 11 is 0. The molecule has 0 bridgehead atoms. The summed E-state index contributed by atoms with van der Waals surface area (Å²) in [4.78, 5) is 38.0. The van der Waals surface area contributed by atoms with Crippen LogP contribution in [0.5, 0.6) is 0 Å². The van der Waals surface area contributed by atoms with Gasteiger partial charge in [0.15, 0.2) is 6.10 Å². The van der Waals surface area contributed by atoms with Crippen LogP contribution in [0.25, 0.3) is 0 Å². The van der Waals surface area contributed by atoms with Crippen LogP contribution < -0.4 is 0 Å². The summed E-state index contributed by atoms with van der Waals surface area (Å²) in [6.07, 6.45) is 69.6. The lowest BCUT2D eigenvalue weighted by atomic mass is 10.1. The van der Waals surface area contributed by atoms with Gasteiger partial charge in [-0.3, -0.25) is 14.4 Å². The summed E-state index contributed by atoms with van der Waals surface area (Å²) in [5.74, 6) is -0.994. The molecule has 6 heteroatoms. The highest BCUT2D eigenvalue weighted by Gasteiger charge is 2.19. The molecule has 0 aliphatic heterocycles. The zero-order valence-corrected chi connectivity index (χ0v) is 42.2. The van der Waals surface area contributed by atoms with Gasteiger partial charge >= 0.3 is 17.9 Å². The molecule has 0 aliphatic rings. The number of unbranched alkanes of at least 4 members (excludes halogenated alkanes) is 20. The zero-order chi connectivity index (χ0) is 47.2. The molecular formula is C59H98O6. The third kappa shape index (κ3) is 51.2. The van der Waals surface area contributed by atoms with Gasteiger partial charge in [-0.25, -0.2) is 0 Å². The highest BCUT2D eigenvalue weighted by Crippen LogP contribution is 2.13. The van der Waals surface area contributed by atoms with Gasteiger partial charge in [0.25, 0.3) is 0 Å². The van der Waals surface area contributed by atoms with Crippen molar-refractivity contribution in [2.45, 2.75) is 245 Å². The number of allylic oxidation sites excluding steroid dienone is 16. The Morgan fingerprint density at radius 2 is 0.615 bits per heavy atom. The summed E-state index contributed by atoms with van der Waals surface area (Å²) in [5.41, 5.74) is 0. The lowest BCUT2D eigenvalue weighted by Gasteiger charge is -2.18. The van der Waals surface area contributed by atoms with Gasteiger partial charge in [0.2, 0.25) is 0 Å². The Kier molecular flexibility index (Phi) is 50.0. The van der Waals surface area contributed by atoms with Crippen LogP contribution in [0.15, 0.2) is 97.2 Å². The minimum Gasteiger partial charge on any atom is -0.462 e. The average Bonchev–Trinajstić information content (AvgIpc) is 3.30. The maximum absolute atomic E-state index is 12.8. The second kappa shape index (κ2) is 52.9. The number of rotatable bonds is 47. The molecular weight excluding hydrogens is 805 g/mol. The molecule has 370 valence electrons. The van der Waals surface area contributed by atoms with E-state index < -0.39 is 6.10 Å². The quantitative estimate of drug-likeness (QED) is 0.0262. The van der Waals surface area contributed by atoms with Crippen LogP contribution >= 0.6 is 0 Å². The smallest absolute Gasteiger partial charge is 0.306 e. The average molecular weight is 903 g/mol. The number of hydrogen-bond acceptors (Lipinski definition) is 6. The number of esters is 3. The number of ether oxygens (including phenoxy) is 3. The van der Waals surface area contributed by atoms with Gasteiger partial charge in [-0.15, -0.1) is 0 Å². The fourth-order valence-electron chi connectivity index (χ4n) is 7.03. The van der Waals surface area contributed by atoms with Crippen molar-refractivity contribution in [3.63, 3.8) is 0 Å². The Hall–Kier alpha value is -3.67. The minimum atomic E-state index is -0.813. The first-order chi connectivity index (χ1) is 32.0. The molecule has 0 radical (unpaired) electrons. The fraction of sp³-hybridized carbons (Fsp3) is 0.678. The molecule has 0 aromatic rings. The van der Waals surface area contributed by atoms with Crippen molar-refractivity contribution in [1.82, 2.24) is 0 Å². The van der Waals surface area contributed by atoms with Gasteiger partial charge < -0.3 is 14.2 Å². The molecule has 0 heterocycles. The van der Waals surface area contributed by atoms with Gasteiger partial charge in [-0.1, -0.05) is 201 Å². The van der Waals surface area contributed by atoms with Gasteiger partial charge in [0.1, 0.15) is 13.2 Å². The predicted octanol–water partition coefficient (Wildman–Crippen LogP) is 17.8. The van der Waals surface area contributed by atoms with Crippen molar-refractivity contribution in [3.8, 4) is 0 Å². The largest absolute Gasteiger partial charge is 0.462 e. The van der Waals surface area contributed by atoms with Crippen LogP contribution in [-0.2, 0) is 28.6 Å². The van der Waals surface area contributed by atoms with Crippen molar-refractivity contribution in [2.75, 3.05) is 13.2 Å². The van der Waals surface area contributed by atoms with Gasteiger partial charge in [-0.2, -0.15) is 0 Å². The Balaban J connectivity index is 4.52. The molecule has 0 unspecified atom stereocenters. The van der Waals surface area contributed by atoms with Crippen LogP contribution in [0.4, 0.5) is 0 Å². The van der Waals surface area contributed by atoms with E-state index in [0.29, 0.717) is 19.3 Å². The maximum atomic E-state index is 12.8. The second-order valence-corrected chi connectivity index (χ2v) is 17.4. The molecule has 65 heavy (non-hydrogen) atoms. The molecule has 0 rings (SSSR count). The fourth-order valence-corrected chi connectivity index (χ4v) is 7.03. The third-order valence-corrected chi connectivity index (χ3v) is 11.0. The summed E-state index contributed by atoms with van der Waals surface area (Å²) in [6, 6.07) is 0. The monoisotopic (exact) mass is 903 g/mol. The maximum Gasteiger partial charge on any atom is 0.306 e. The van der Waals surface area contributed by atoms with E-state index in [1.165, 1.54) is 70.6 Å². The van der Waals surface area contributed by atoms with Crippen LogP contribution in [0.3, 0.4) is 0 Å². The van der Waals surface area contributed by atoms with E-state index in [1.54, 1.807) is 0 Å². The van der Waals surface area contributed by atoms with E-state index in [-0.39, 0.29) is 37.5 Å².